The number of hydrogen-bond donors (Lipinski definition) is 3. The van der Waals surface area contributed by atoms with Crippen molar-refractivity contribution < 1.29 is 5.11 Å². The molecule has 0 fully saturated rings. The standard InChI is InChI=1S/C6H16N2O.C2H6/c1-2-7-3-4-8-5-6-9;1-2/h7-9H,2-6H2,1H3;1-2H3. The molecule has 0 unspecified atom stereocenters. The first-order chi connectivity index (χ1) is 5.41. The molecule has 0 aliphatic heterocycles. The minimum Gasteiger partial charge on any atom is -0.395 e. The summed E-state index contributed by atoms with van der Waals surface area (Å²) in [6.07, 6.45) is 0. The summed E-state index contributed by atoms with van der Waals surface area (Å²) in [6, 6.07) is 0. The van der Waals surface area contributed by atoms with Crippen molar-refractivity contribution in [3.05, 3.63) is 0 Å². The number of aliphatic hydroxyl groups excluding tert-OH is 1. The smallest absolute Gasteiger partial charge is 0.0555 e. The van der Waals surface area contributed by atoms with Crippen LogP contribution in [0.4, 0.5) is 0 Å². The van der Waals surface area contributed by atoms with Gasteiger partial charge in [0.25, 0.3) is 0 Å². The molecule has 0 aromatic carbocycles. The number of hydrogen-bond acceptors (Lipinski definition) is 3. The summed E-state index contributed by atoms with van der Waals surface area (Å²) in [7, 11) is 0. The molecule has 0 spiro atoms. The maximum absolute atomic E-state index is 8.34. The summed E-state index contributed by atoms with van der Waals surface area (Å²) in [6.45, 7) is 9.94. The molecule has 3 nitrogen and oxygen atoms in total. The van der Waals surface area contributed by atoms with Gasteiger partial charge in [-0.25, -0.2) is 0 Å². The predicted octanol–water partition coefficient (Wildman–Crippen LogP) is 0.204. The Balaban J connectivity index is 0. The van der Waals surface area contributed by atoms with Crippen LogP contribution in [0.15, 0.2) is 0 Å². The highest BCUT2D eigenvalue weighted by Crippen LogP contribution is 1.58. The molecule has 70 valence electrons. The number of rotatable bonds is 6. The van der Waals surface area contributed by atoms with E-state index in [1.165, 1.54) is 0 Å². The zero-order valence-corrected chi connectivity index (χ0v) is 7.98. The third-order valence-corrected chi connectivity index (χ3v) is 1.02. The Labute approximate surface area is 70.2 Å². The van der Waals surface area contributed by atoms with Crippen molar-refractivity contribution in [2.75, 3.05) is 32.8 Å². The van der Waals surface area contributed by atoms with Crippen LogP contribution in [-0.2, 0) is 0 Å². The molecule has 3 N–H and O–H groups in total. The first kappa shape index (κ1) is 13.5. The van der Waals surface area contributed by atoms with E-state index in [0.29, 0.717) is 6.54 Å². The van der Waals surface area contributed by atoms with Crippen molar-refractivity contribution >= 4 is 0 Å². The molecule has 11 heavy (non-hydrogen) atoms. The van der Waals surface area contributed by atoms with E-state index in [4.69, 9.17) is 5.11 Å². The van der Waals surface area contributed by atoms with Gasteiger partial charge in [-0.2, -0.15) is 0 Å². The van der Waals surface area contributed by atoms with E-state index >= 15 is 0 Å². The van der Waals surface area contributed by atoms with Gasteiger partial charge in [-0.15, -0.1) is 0 Å². The largest absolute Gasteiger partial charge is 0.395 e. The van der Waals surface area contributed by atoms with Crippen molar-refractivity contribution in [3.63, 3.8) is 0 Å². The topological polar surface area (TPSA) is 44.3 Å². The summed E-state index contributed by atoms with van der Waals surface area (Å²) in [4.78, 5) is 0. The minimum absolute atomic E-state index is 0.228. The van der Waals surface area contributed by atoms with Crippen LogP contribution >= 0.6 is 0 Å². The predicted molar refractivity (Wildman–Crippen MR) is 49.8 cm³/mol. The highest BCUT2D eigenvalue weighted by Gasteiger charge is 1.82. The molecule has 0 amide bonds. The van der Waals surface area contributed by atoms with Gasteiger partial charge < -0.3 is 15.7 Å². The Morgan fingerprint density at radius 1 is 1.00 bits per heavy atom. The van der Waals surface area contributed by atoms with E-state index < -0.39 is 0 Å². The molecule has 0 saturated carbocycles. The Morgan fingerprint density at radius 3 is 2.00 bits per heavy atom. The Morgan fingerprint density at radius 2 is 1.55 bits per heavy atom. The molecular weight excluding hydrogens is 140 g/mol. The Kier molecular flexibility index (Phi) is 20.2. The van der Waals surface area contributed by atoms with E-state index in [-0.39, 0.29) is 6.61 Å². The lowest BCUT2D eigenvalue weighted by Crippen LogP contribution is -2.28. The average molecular weight is 162 g/mol. The molecule has 0 saturated heterocycles. The minimum atomic E-state index is 0.228. The van der Waals surface area contributed by atoms with Gasteiger partial charge in [0, 0.05) is 19.6 Å². The highest BCUT2D eigenvalue weighted by atomic mass is 16.3. The summed E-state index contributed by atoms with van der Waals surface area (Å²) in [5.41, 5.74) is 0. The third-order valence-electron chi connectivity index (χ3n) is 1.02. The second-order valence-corrected chi connectivity index (χ2v) is 1.83. The number of likely N-dealkylation sites (N-methyl/N-ethyl adjacent to an activating group) is 1. The first-order valence-electron chi connectivity index (χ1n) is 4.44. The fraction of sp³-hybridized carbons (Fsp3) is 1.00. The van der Waals surface area contributed by atoms with Crippen molar-refractivity contribution in [1.29, 1.82) is 0 Å². The van der Waals surface area contributed by atoms with Crippen molar-refractivity contribution in [2.24, 2.45) is 0 Å². The molecule has 0 heterocycles. The average Bonchev–Trinajstić information content (AvgIpc) is 2.08. The van der Waals surface area contributed by atoms with Crippen LogP contribution in [0, 0.1) is 0 Å². The lowest BCUT2D eigenvalue weighted by Gasteiger charge is -2.01. The van der Waals surface area contributed by atoms with Gasteiger partial charge in [-0.3, -0.25) is 0 Å². The van der Waals surface area contributed by atoms with Crippen molar-refractivity contribution in [3.8, 4) is 0 Å². The number of nitrogens with one attached hydrogen (secondary N) is 2. The van der Waals surface area contributed by atoms with Gasteiger partial charge in [0.2, 0.25) is 0 Å². The first-order valence-corrected chi connectivity index (χ1v) is 4.44. The Hall–Kier alpha value is -0.120. The van der Waals surface area contributed by atoms with E-state index in [1.54, 1.807) is 0 Å². The molecule has 0 rings (SSSR count). The van der Waals surface area contributed by atoms with Gasteiger partial charge in [-0.1, -0.05) is 20.8 Å². The van der Waals surface area contributed by atoms with Crippen LogP contribution in [0.1, 0.15) is 20.8 Å². The monoisotopic (exact) mass is 162 g/mol. The quantitative estimate of drug-likeness (QED) is 0.489. The maximum Gasteiger partial charge on any atom is 0.0555 e. The van der Waals surface area contributed by atoms with E-state index in [2.05, 4.69) is 17.6 Å². The molecule has 0 atom stereocenters. The summed E-state index contributed by atoms with van der Waals surface area (Å²) in [5.74, 6) is 0. The van der Waals surface area contributed by atoms with Crippen LogP contribution in [0.2, 0.25) is 0 Å². The van der Waals surface area contributed by atoms with Gasteiger partial charge in [0.1, 0.15) is 0 Å². The maximum atomic E-state index is 8.34. The molecule has 0 aromatic heterocycles. The van der Waals surface area contributed by atoms with E-state index in [9.17, 15) is 0 Å². The molecule has 0 bridgehead atoms. The van der Waals surface area contributed by atoms with Gasteiger partial charge in [0.05, 0.1) is 6.61 Å². The zero-order chi connectivity index (χ0) is 8.95. The van der Waals surface area contributed by atoms with Crippen LogP contribution in [-0.4, -0.2) is 37.9 Å². The molecular formula is C8H22N2O. The fourth-order valence-corrected chi connectivity index (χ4v) is 0.558. The van der Waals surface area contributed by atoms with Crippen molar-refractivity contribution in [2.45, 2.75) is 20.8 Å². The fourth-order valence-electron chi connectivity index (χ4n) is 0.558. The van der Waals surface area contributed by atoms with Gasteiger partial charge in [0.15, 0.2) is 0 Å². The van der Waals surface area contributed by atoms with E-state index in [1.807, 2.05) is 13.8 Å². The molecule has 0 aliphatic carbocycles. The van der Waals surface area contributed by atoms with Gasteiger partial charge in [-0.05, 0) is 6.54 Å². The third kappa shape index (κ3) is 17.7. The van der Waals surface area contributed by atoms with Crippen LogP contribution < -0.4 is 10.6 Å². The van der Waals surface area contributed by atoms with Crippen molar-refractivity contribution in [1.82, 2.24) is 10.6 Å². The summed E-state index contributed by atoms with van der Waals surface area (Å²) in [5, 5.41) is 14.6. The second-order valence-electron chi connectivity index (χ2n) is 1.83. The molecule has 0 radical (unpaired) electrons. The molecule has 0 aliphatic rings. The lowest BCUT2D eigenvalue weighted by atomic mass is 10.5. The molecule has 0 aromatic rings. The molecule has 3 heteroatoms. The zero-order valence-electron chi connectivity index (χ0n) is 7.98. The van der Waals surface area contributed by atoms with Crippen LogP contribution in [0.3, 0.4) is 0 Å². The Bertz CT molecular complexity index is 45.4. The number of aliphatic hydroxyl groups is 1. The highest BCUT2D eigenvalue weighted by molar-refractivity contribution is 4.48. The second kappa shape index (κ2) is 16.5. The SMILES string of the molecule is CC.CCNCCNCCO. The van der Waals surface area contributed by atoms with E-state index in [0.717, 1.165) is 19.6 Å². The van der Waals surface area contributed by atoms with Gasteiger partial charge >= 0.3 is 0 Å². The summed E-state index contributed by atoms with van der Waals surface area (Å²) >= 11 is 0. The summed E-state index contributed by atoms with van der Waals surface area (Å²) < 4.78 is 0. The van der Waals surface area contributed by atoms with Crippen LogP contribution in [0.5, 0.6) is 0 Å². The normalized spacial score (nSPS) is 8.73. The lowest BCUT2D eigenvalue weighted by molar-refractivity contribution is 0.292. The van der Waals surface area contributed by atoms with Crippen LogP contribution in [0.25, 0.3) is 0 Å².